The lowest BCUT2D eigenvalue weighted by Crippen LogP contribution is -2.39. The Kier molecular flexibility index (Phi) is 5.55. The zero-order chi connectivity index (χ0) is 19.5. The number of nitrogens with one attached hydrogen (secondary N) is 1. The second-order valence-corrected chi connectivity index (χ2v) is 6.75. The van der Waals surface area contributed by atoms with Gasteiger partial charge < -0.3 is 15.2 Å². The molecule has 0 aliphatic heterocycles. The molecular formula is C16H15F3N2O4S. The number of aromatic nitrogens is 1. The van der Waals surface area contributed by atoms with E-state index < -0.39 is 17.7 Å². The number of hydrogen-bond donors (Lipinski definition) is 2. The maximum atomic E-state index is 12.4. The van der Waals surface area contributed by atoms with E-state index >= 15 is 0 Å². The number of carboxylic acids is 1. The van der Waals surface area contributed by atoms with E-state index in [1.807, 2.05) is 0 Å². The van der Waals surface area contributed by atoms with Crippen LogP contribution < -0.4 is 10.1 Å². The third-order valence-corrected chi connectivity index (χ3v) is 4.40. The van der Waals surface area contributed by atoms with Crippen molar-refractivity contribution in [2.24, 2.45) is 0 Å². The van der Waals surface area contributed by atoms with Crippen molar-refractivity contribution in [1.82, 2.24) is 10.3 Å². The number of halogens is 3. The highest BCUT2D eigenvalue weighted by atomic mass is 32.1. The molecule has 2 aromatic rings. The minimum atomic E-state index is -4.78. The molecule has 0 saturated heterocycles. The van der Waals surface area contributed by atoms with E-state index in [0.717, 1.165) is 23.5 Å². The molecule has 10 heteroatoms. The molecule has 2 N–H and O–H groups in total. The van der Waals surface area contributed by atoms with Gasteiger partial charge in [0.1, 0.15) is 10.8 Å². The lowest BCUT2D eigenvalue weighted by atomic mass is 9.83. The van der Waals surface area contributed by atoms with Crippen molar-refractivity contribution in [2.75, 3.05) is 0 Å². The predicted molar refractivity (Wildman–Crippen MR) is 87.1 cm³/mol. The topological polar surface area (TPSA) is 88.5 Å². The third kappa shape index (κ3) is 4.94. The highest BCUT2D eigenvalue weighted by molar-refractivity contribution is 7.09. The van der Waals surface area contributed by atoms with E-state index in [9.17, 15) is 22.8 Å². The number of ether oxygens (including phenoxy) is 1. The molecule has 0 fully saturated rings. The first-order valence-electron chi connectivity index (χ1n) is 7.31. The van der Waals surface area contributed by atoms with Crippen LogP contribution in [0.25, 0.3) is 0 Å². The number of benzene rings is 1. The Labute approximate surface area is 150 Å². The standard InChI is InChI=1S/C16H15F3N2O4S/c1-15(2,9-3-5-10(6-4-9)25-16(17,18)19)14(24)20-7-12-21-11(8-26-12)13(22)23/h3-6,8H,7H2,1-2H3,(H,20,24)(H,22,23). The molecule has 6 nitrogen and oxygen atoms in total. The zero-order valence-corrected chi connectivity index (χ0v) is 14.6. The van der Waals surface area contributed by atoms with Crippen LogP contribution in [0.5, 0.6) is 5.75 Å². The summed E-state index contributed by atoms with van der Waals surface area (Å²) in [5.41, 5.74) is -0.627. The van der Waals surface area contributed by atoms with Gasteiger partial charge in [-0.2, -0.15) is 0 Å². The molecule has 0 atom stereocenters. The van der Waals surface area contributed by atoms with Gasteiger partial charge in [-0.1, -0.05) is 12.1 Å². The number of amides is 1. The van der Waals surface area contributed by atoms with Crippen LogP contribution in [0.1, 0.15) is 34.9 Å². The fourth-order valence-electron chi connectivity index (χ4n) is 2.07. The summed E-state index contributed by atoms with van der Waals surface area (Å²) in [7, 11) is 0. The van der Waals surface area contributed by atoms with Crippen LogP contribution in [0.3, 0.4) is 0 Å². The van der Waals surface area contributed by atoms with Gasteiger partial charge in [0.25, 0.3) is 0 Å². The average Bonchev–Trinajstić information content (AvgIpc) is 3.00. The number of carbonyl (C=O) groups is 2. The molecular weight excluding hydrogens is 373 g/mol. The number of nitrogens with zero attached hydrogens (tertiary/aromatic N) is 1. The normalized spacial score (nSPS) is 11.9. The summed E-state index contributed by atoms with van der Waals surface area (Å²) < 4.78 is 40.4. The van der Waals surface area contributed by atoms with E-state index in [-0.39, 0.29) is 23.9 Å². The van der Waals surface area contributed by atoms with Crippen LogP contribution >= 0.6 is 11.3 Å². The largest absolute Gasteiger partial charge is 0.573 e. The maximum absolute atomic E-state index is 12.4. The highest BCUT2D eigenvalue weighted by Gasteiger charge is 2.32. The van der Waals surface area contributed by atoms with Gasteiger partial charge in [0.2, 0.25) is 5.91 Å². The lowest BCUT2D eigenvalue weighted by molar-refractivity contribution is -0.274. The minimum Gasteiger partial charge on any atom is -0.476 e. The fraction of sp³-hybridized carbons (Fsp3) is 0.312. The molecule has 0 aliphatic rings. The summed E-state index contributed by atoms with van der Waals surface area (Å²) in [5, 5.41) is 13.3. The van der Waals surface area contributed by atoms with Gasteiger partial charge in [0, 0.05) is 5.38 Å². The Morgan fingerprint density at radius 1 is 1.23 bits per heavy atom. The van der Waals surface area contributed by atoms with Gasteiger partial charge in [0.05, 0.1) is 12.0 Å². The summed E-state index contributed by atoms with van der Waals surface area (Å²) >= 11 is 1.10. The van der Waals surface area contributed by atoms with Crippen molar-refractivity contribution < 1.29 is 32.6 Å². The number of carbonyl (C=O) groups excluding carboxylic acids is 1. The number of aromatic carboxylic acids is 1. The van der Waals surface area contributed by atoms with E-state index in [1.54, 1.807) is 13.8 Å². The van der Waals surface area contributed by atoms with Gasteiger partial charge >= 0.3 is 12.3 Å². The molecule has 0 bridgehead atoms. The molecule has 1 heterocycles. The molecule has 0 spiro atoms. The average molecular weight is 388 g/mol. The number of rotatable bonds is 6. The summed E-state index contributed by atoms with van der Waals surface area (Å²) in [6, 6.07) is 5.04. The van der Waals surface area contributed by atoms with E-state index in [2.05, 4.69) is 15.0 Å². The number of hydrogen-bond acceptors (Lipinski definition) is 5. The molecule has 2 rings (SSSR count). The third-order valence-electron chi connectivity index (χ3n) is 3.55. The molecule has 26 heavy (non-hydrogen) atoms. The number of carboxylic acid groups (broad SMARTS) is 1. The molecule has 0 saturated carbocycles. The molecule has 1 aromatic carbocycles. The second-order valence-electron chi connectivity index (χ2n) is 5.81. The van der Waals surface area contributed by atoms with E-state index in [0.29, 0.717) is 10.6 Å². The highest BCUT2D eigenvalue weighted by Crippen LogP contribution is 2.28. The SMILES string of the molecule is CC(C)(C(=O)NCc1nc(C(=O)O)cs1)c1ccc(OC(F)(F)F)cc1. The van der Waals surface area contributed by atoms with Crippen molar-refractivity contribution in [3.63, 3.8) is 0 Å². The Bertz CT molecular complexity index is 801. The zero-order valence-electron chi connectivity index (χ0n) is 13.8. The minimum absolute atomic E-state index is 0.0511. The lowest BCUT2D eigenvalue weighted by Gasteiger charge is -2.24. The van der Waals surface area contributed by atoms with Crippen molar-refractivity contribution in [1.29, 1.82) is 0 Å². The van der Waals surface area contributed by atoms with Gasteiger partial charge in [-0.25, -0.2) is 9.78 Å². The van der Waals surface area contributed by atoms with Gasteiger partial charge in [-0.05, 0) is 31.5 Å². The van der Waals surface area contributed by atoms with Crippen LogP contribution in [0.2, 0.25) is 0 Å². The Hall–Kier alpha value is -2.62. The maximum Gasteiger partial charge on any atom is 0.573 e. The second kappa shape index (κ2) is 7.32. The van der Waals surface area contributed by atoms with Crippen molar-refractivity contribution in [3.8, 4) is 5.75 Å². The van der Waals surface area contributed by atoms with E-state index in [4.69, 9.17) is 5.11 Å². The predicted octanol–water partition coefficient (Wildman–Crippen LogP) is 3.33. The van der Waals surface area contributed by atoms with Crippen LogP contribution in [0.4, 0.5) is 13.2 Å². The summed E-state index contributed by atoms with van der Waals surface area (Å²) in [6.45, 7) is 3.29. The molecule has 0 radical (unpaired) electrons. The van der Waals surface area contributed by atoms with Crippen LogP contribution in [-0.2, 0) is 16.8 Å². The van der Waals surface area contributed by atoms with Crippen molar-refractivity contribution in [2.45, 2.75) is 32.2 Å². The monoisotopic (exact) mass is 388 g/mol. The quantitative estimate of drug-likeness (QED) is 0.793. The first-order valence-corrected chi connectivity index (χ1v) is 8.19. The van der Waals surface area contributed by atoms with Crippen LogP contribution in [0.15, 0.2) is 29.6 Å². The first-order chi connectivity index (χ1) is 12.0. The molecule has 0 unspecified atom stereocenters. The molecule has 0 aliphatic carbocycles. The van der Waals surface area contributed by atoms with E-state index in [1.165, 1.54) is 17.5 Å². The summed E-state index contributed by atoms with van der Waals surface area (Å²) in [5.74, 6) is -1.91. The van der Waals surface area contributed by atoms with Gasteiger partial charge in [-0.3, -0.25) is 4.79 Å². The smallest absolute Gasteiger partial charge is 0.476 e. The summed E-state index contributed by atoms with van der Waals surface area (Å²) in [4.78, 5) is 27.1. The van der Waals surface area contributed by atoms with Crippen LogP contribution in [0, 0.1) is 0 Å². The Balaban J connectivity index is 2.03. The summed E-state index contributed by atoms with van der Waals surface area (Å²) in [6.07, 6.45) is -4.78. The van der Waals surface area contributed by atoms with Gasteiger partial charge in [0.15, 0.2) is 5.69 Å². The van der Waals surface area contributed by atoms with Crippen LogP contribution in [-0.4, -0.2) is 28.3 Å². The Morgan fingerprint density at radius 2 is 1.85 bits per heavy atom. The number of alkyl halides is 3. The molecule has 140 valence electrons. The molecule has 1 amide bonds. The van der Waals surface area contributed by atoms with Crippen molar-refractivity contribution in [3.05, 3.63) is 45.9 Å². The fourth-order valence-corrected chi connectivity index (χ4v) is 2.78. The van der Waals surface area contributed by atoms with Gasteiger partial charge in [-0.15, -0.1) is 24.5 Å². The Morgan fingerprint density at radius 3 is 2.35 bits per heavy atom. The van der Waals surface area contributed by atoms with Crippen molar-refractivity contribution >= 4 is 23.2 Å². The molecule has 1 aromatic heterocycles. The first kappa shape index (κ1) is 19.7. The number of thiazole rings is 1.